The number of aromatic nitrogens is 1. The largest absolute Gasteiger partial charge is 0.416 e. The van der Waals surface area contributed by atoms with Gasteiger partial charge in [-0.05, 0) is 66.1 Å². The number of hydrogen-bond donors (Lipinski definition) is 1. The van der Waals surface area contributed by atoms with Gasteiger partial charge in [-0.1, -0.05) is 47.5 Å². The molecule has 0 aliphatic rings. The van der Waals surface area contributed by atoms with Crippen LogP contribution in [0.2, 0.25) is 10.0 Å². The number of alkyl halides is 6. The molecule has 4 rings (SSSR count). The van der Waals surface area contributed by atoms with E-state index < -0.39 is 23.5 Å². The lowest BCUT2D eigenvalue weighted by molar-refractivity contribution is -0.143. The molecule has 1 N–H and O–H groups in total. The SMILES string of the molecule is Cc1ccc(-c2cc(C(F)(F)F)cc(C(F)(F)F)c2CNc2ccc(-c3ccc(Cl)cc3Cl)cc2)cn1. The average Bonchev–Trinajstić information content (AvgIpc) is 2.82. The van der Waals surface area contributed by atoms with Crippen LogP contribution in [0.4, 0.5) is 32.0 Å². The highest BCUT2D eigenvalue weighted by Gasteiger charge is 2.39. The van der Waals surface area contributed by atoms with Crippen LogP contribution in [0.25, 0.3) is 22.3 Å². The molecule has 0 fully saturated rings. The molecule has 0 aliphatic heterocycles. The van der Waals surface area contributed by atoms with E-state index in [2.05, 4.69) is 10.3 Å². The minimum Gasteiger partial charge on any atom is -0.381 e. The zero-order valence-corrected chi connectivity index (χ0v) is 20.6. The topological polar surface area (TPSA) is 24.9 Å². The van der Waals surface area contributed by atoms with Gasteiger partial charge in [-0.25, -0.2) is 0 Å². The maximum Gasteiger partial charge on any atom is 0.416 e. The highest BCUT2D eigenvalue weighted by molar-refractivity contribution is 6.36. The second-order valence-corrected chi connectivity index (χ2v) is 9.13. The van der Waals surface area contributed by atoms with Crippen LogP contribution < -0.4 is 5.32 Å². The second kappa shape index (κ2) is 10.3. The van der Waals surface area contributed by atoms with Gasteiger partial charge >= 0.3 is 12.4 Å². The molecule has 3 aromatic carbocycles. The minimum atomic E-state index is -5.01. The van der Waals surface area contributed by atoms with Gasteiger partial charge in [0.1, 0.15) is 0 Å². The lowest BCUT2D eigenvalue weighted by Crippen LogP contribution is -2.17. The van der Waals surface area contributed by atoms with E-state index in [0.717, 1.165) is 11.6 Å². The third-order valence-corrected chi connectivity index (χ3v) is 6.25. The summed E-state index contributed by atoms with van der Waals surface area (Å²) >= 11 is 12.2. The number of halogens is 8. The predicted octanol–water partition coefficient (Wildman–Crippen LogP) is 9.68. The molecular weight excluding hydrogens is 537 g/mol. The van der Waals surface area contributed by atoms with Crippen LogP contribution in [-0.2, 0) is 18.9 Å². The number of hydrogen-bond acceptors (Lipinski definition) is 2. The molecular formula is C27H18Cl2F6N2. The Morgan fingerprint density at radius 2 is 1.43 bits per heavy atom. The fraction of sp³-hybridized carbons (Fsp3) is 0.148. The Kier molecular flexibility index (Phi) is 7.44. The molecule has 1 heterocycles. The summed E-state index contributed by atoms with van der Waals surface area (Å²) in [5, 5.41) is 3.81. The summed E-state index contributed by atoms with van der Waals surface area (Å²) in [6.07, 6.45) is -8.71. The average molecular weight is 555 g/mol. The lowest BCUT2D eigenvalue weighted by atomic mass is 9.92. The van der Waals surface area contributed by atoms with Gasteiger partial charge in [-0.2, -0.15) is 26.3 Å². The molecule has 37 heavy (non-hydrogen) atoms. The van der Waals surface area contributed by atoms with Crippen molar-refractivity contribution >= 4 is 28.9 Å². The van der Waals surface area contributed by atoms with Gasteiger partial charge in [0.2, 0.25) is 0 Å². The summed E-state index contributed by atoms with van der Waals surface area (Å²) in [5.74, 6) is 0. The molecule has 0 saturated heterocycles. The van der Waals surface area contributed by atoms with Gasteiger partial charge in [0.25, 0.3) is 0 Å². The molecule has 0 spiro atoms. The molecule has 1 aromatic heterocycles. The van der Waals surface area contributed by atoms with E-state index in [1.807, 2.05) is 0 Å². The van der Waals surface area contributed by atoms with Gasteiger partial charge < -0.3 is 5.32 Å². The molecule has 0 atom stereocenters. The molecule has 10 heteroatoms. The number of nitrogens with one attached hydrogen (secondary N) is 1. The Balaban J connectivity index is 1.73. The molecule has 192 valence electrons. The van der Waals surface area contributed by atoms with Gasteiger partial charge in [-0.3, -0.25) is 4.98 Å². The summed E-state index contributed by atoms with van der Waals surface area (Å²) < 4.78 is 82.5. The quantitative estimate of drug-likeness (QED) is 0.248. The van der Waals surface area contributed by atoms with Crippen molar-refractivity contribution in [2.45, 2.75) is 25.8 Å². The van der Waals surface area contributed by atoms with Crippen molar-refractivity contribution in [3.05, 3.63) is 105 Å². The second-order valence-electron chi connectivity index (χ2n) is 8.29. The molecule has 0 amide bonds. The number of benzene rings is 3. The number of anilines is 1. The van der Waals surface area contributed by atoms with Crippen LogP contribution in [0.15, 0.2) is 72.9 Å². The molecule has 0 radical (unpaired) electrons. The Morgan fingerprint density at radius 1 is 0.757 bits per heavy atom. The number of rotatable bonds is 5. The molecule has 0 saturated carbocycles. The van der Waals surface area contributed by atoms with E-state index >= 15 is 0 Å². The highest BCUT2D eigenvalue weighted by atomic mass is 35.5. The smallest absolute Gasteiger partial charge is 0.381 e. The van der Waals surface area contributed by atoms with E-state index in [1.165, 1.54) is 18.3 Å². The standard InChI is InChI=1S/C27H18Cl2F6N2/c1-15-2-3-17(13-36-15)22-10-18(26(30,31)32)11-24(27(33,34)35)23(22)14-37-20-7-4-16(5-8-20)21-9-6-19(28)12-25(21)29/h2-13,37H,14H2,1H3. The Labute approximate surface area is 218 Å². The van der Waals surface area contributed by atoms with Crippen molar-refractivity contribution in [2.75, 3.05) is 5.32 Å². The number of aryl methyl sites for hydroxylation is 1. The Hall–Kier alpha value is -3.23. The van der Waals surface area contributed by atoms with Crippen molar-refractivity contribution in [2.24, 2.45) is 0 Å². The monoisotopic (exact) mass is 554 g/mol. The third-order valence-electron chi connectivity index (χ3n) is 5.70. The van der Waals surface area contributed by atoms with Crippen LogP contribution in [0.5, 0.6) is 0 Å². The van der Waals surface area contributed by atoms with Crippen molar-refractivity contribution in [3.8, 4) is 22.3 Å². The first-order valence-electron chi connectivity index (χ1n) is 10.9. The van der Waals surface area contributed by atoms with E-state index in [9.17, 15) is 26.3 Å². The molecule has 0 bridgehead atoms. The zero-order valence-electron chi connectivity index (χ0n) is 19.1. The van der Waals surface area contributed by atoms with Crippen LogP contribution in [0, 0.1) is 6.92 Å². The van der Waals surface area contributed by atoms with Gasteiger partial charge in [0.15, 0.2) is 0 Å². The summed E-state index contributed by atoms with van der Waals surface area (Å²) in [6.45, 7) is 1.29. The van der Waals surface area contributed by atoms with Gasteiger partial charge in [0.05, 0.1) is 11.1 Å². The molecule has 4 aromatic rings. The summed E-state index contributed by atoms with van der Waals surface area (Å²) in [4.78, 5) is 4.05. The fourth-order valence-electron chi connectivity index (χ4n) is 3.85. The van der Waals surface area contributed by atoms with Crippen molar-refractivity contribution in [1.82, 2.24) is 4.98 Å². The fourth-order valence-corrected chi connectivity index (χ4v) is 4.36. The highest BCUT2D eigenvalue weighted by Crippen LogP contribution is 2.42. The van der Waals surface area contributed by atoms with Crippen LogP contribution in [-0.4, -0.2) is 4.98 Å². The summed E-state index contributed by atoms with van der Waals surface area (Å²) in [6, 6.07) is 15.6. The van der Waals surface area contributed by atoms with Crippen LogP contribution in [0.3, 0.4) is 0 Å². The molecule has 0 aliphatic carbocycles. The Bertz CT molecular complexity index is 1410. The first kappa shape index (κ1) is 26.8. The summed E-state index contributed by atoms with van der Waals surface area (Å²) in [5.41, 5.74) is -0.618. The minimum absolute atomic E-state index is 0.145. The van der Waals surface area contributed by atoms with Gasteiger partial charge in [0, 0.05) is 45.3 Å². The zero-order chi connectivity index (χ0) is 27.0. The third kappa shape index (κ3) is 6.19. The van der Waals surface area contributed by atoms with E-state index in [4.69, 9.17) is 23.2 Å². The Morgan fingerprint density at radius 3 is 2.00 bits per heavy atom. The number of nitrogens with zero attached hydrogens (tertiary/aromatic N) is 1. The first-order valence-corrected chi connectivity index (χ1v) is 11.6. The van der Waals surface area contributed by atoms with Crippen molar-refractivity contribution in [1.29, 1.82) is 0 Å². The van der Waals surface area contributed by atoms with Crippen LogP contribution in [0.1, 0.15) is 22.4 Å². The first-order chi connectivity index (χ1) is 17.3. The van der Waals surface area contributed by atoms with E-state index in [1.54, 1.807) is 49.4 Å². The maximum atomic E-state index is 14.0. The number of pyridine rings is 1. The van der Waals surface area contributed by atoms with Crippen molar-refractivity contribution < 1.29 is 26.3 Å². The maximum absolute atomic E-state index is 14.0. The molecule has 0 unspecified atom stereocenters. The molecule has 2 nitrogen and oxygen atoms in total. The van der Waals surface area contributed by atoms with Crippen LogP contribution >= 0.6 is 23.2 Å². The summed E-state index contributed by atoms with van der Waals surface area (Å²) in [7, 11) is 0. The predicted molar refractivity (Wildman–Crippen MR) is 134 cm³/mol. The normalized spacial score (nSPS) is 12.0. The lowest BCUT2D eigenvalue weighted by Gasteiger charge is -2.21. The van der Waals surface area contributed by atoms with Crippen molar-refractivity contribution in [3.63, 3.8) is 0 Å². The van der Waals surface area contributed by atoms with Gasteiger partial charge in [-0.15, -0.1) is 0 Å². The van der Waals surface area contributed by atoms with E-state index in [-0.39, 0.29) is 29.3 Å². The van der Waals surface area contributed by atoms with E-state index in [0.29, 0.717) is 27.0 Å².